The number of carbonyl (C=O) groups is 1. The SMILES string of the molecule is CC(C)(C)[C@@H](CC(=O)c1cc(=O)[nH]c(-c2ncccn2)n1)c1ccc(C(F)(F)F)cc1F. The summed E-state index contributed by atoms with van der Waals surface area (Å²) in [6, 6.07) is 4.85. The molecule has 10 heteroatoms. The number of hydrogen-bond donors (Lipinski definition) is 1. The van der Waals surface area contributed by atoms with Crippen LogP contribution in [0, 0.1) is 11.2 Å². The molecule has 0 unspecified atom stereocenters. The lowest BCUT2D eigenvalue weighted by Crippen LogP contribution is -2.24. The van der Waals surface area contributed by atoms with E-state index in [2.05, 4.69) is 19.9 Å². The van der Waals surface area contributed by atoms with Crippen molar-refractivity contribution in [3.63, 3.8) is 0 Å². The summed E-state index contributed by atoms with van der Waals surface area (Å²) in [6.45, 7) is 5.24. The van der Waals surface area contributed by atoms with Gasteiger partial charge >= 0.3 is 6.18 Å². The van der Waals surface area contributed by atoms with Crippen molar-refractivity contribution in [1.29, 1.82) is 0 Å². The van der Waals surface area contributed by atoms with Crippen molar-refractivity contribution in [2.75, 3.05) is 0 Å². The number of ketones is 1. The summed E-state index contributed by atoms with van der Waals surface area (Å²) >= 11 is 0. The van der Waals surface area contributed by atoms with Crippen LogP contribution >= 0.6 is 0 Å². The molecular formula is C22H20F4N4O2. The maximum absolute atomic E-state index is 14.7. The third-order valence-electron chi connectivity index (χ3n) is 4.94. The van der Waals surface area contributed by atoms with Crippen molar-refractivity contribution in [1.82, 2.24) is 19.9 Å². The molecule has 0 aliphatic carbocycles. The van der Waals surface area contributed by atoms with Crippen molar-refractivity contribution in [3.05, 3.63) is 75.7 Å². The van der Waals surface area contributed by atoms with Crippen molar-refractivity contribution in [3.8, 4) is 11.6 Å². The molecule has 0 radical (unpaired) electrons. The topological polar surface area (TPSA) is 88.6 Å². The van der Waals surface area contributed by atoms with Gasteiger partial charge in [0.05, 0.1) is 5.56 Å². The largest absolute Gasteiger partial charge is 0.416 e. The van der Waals surface area contributed by atoms with E-state index in [1.54, 1.807) is 26.8 Å². The van der Waals surface area contributed by atoms with Crippen LogP contribution in [0.1, 0.15) is 54.7 Å². The standard InChI is InChI=1S/C22H20F4N4O2/c1-21(2,3)14(13-6-5-12(9-15(13)23)22(24,25)26)10-17(31)16-11-18(32)30-20(29-16)19-27-7-4-8-28-19/h4-9,11,14H,10H2,1-3H3,(H,29,30,32)/t14-/m0/s1. The number of hydrogen-bond acceptors (Lipinski definition) is 5. The zero-order valence-corrected chi connectivity index (χ0v) is 17.5. The van der Waals surface area contributed by atoms with Crippen molar-refractivity contribution >= 4 is 5.78 Å². The minimum atomic E-state index is -4.68. The maximum atomic E-state index is 14.7. The Bertz CT molecular complexity index is 1190. The zero-order chi connectivity index (χ0) is 23.7. The lowest BCUT2D eigenvalue weighted by Gasteiger charge is -2.31. The molecule has 0 aliphatic rings. The van der Waals surface area contributed by atoms with E-state index in [-0.39, 0.29) is 29.3 Å². The molecule has 0 fully saturated rings. The van der Waals surface area contributed by atoms with E-state index in [0.717, 1.165) is 18.2 Å². The lowest BCUT2D eigenvalue weighted by atomic mass is 9.73. The van der Waals surface area contributed by atoms with Crippen LogP contribution < -0.4 is 5.56 Å². The van der Waals surface area contributed by atoms with E-state index in [0.29, 0.717) is 6.07 Å². The highest BCUT2D eigenvalue weighted by Crippen LogP contribution is 2.41. The number of H-pyrrole nitrogens is 1. The van der Waals surface area contributed by atoms with Crippen LogP contribution in [0.3, 0.4) is 0 Å². The molecule has 0 saturated heterocycles. The Balaban J connectivity index is 1.97. The molecule has 0 saturated carbocycles. The Labute approximate surface area is 180 Å². The van der Waals surface area contributed by atoms with Gasteiger partial charge in [0.2, 0.25) is 0 Å². The van der Waals surface area contributed by atoms with Crippen LogP contribution in [0.25, 0.3) is 11.6 Å². The number of benzene rings is 1. The van der Waals surface area contributed by atoms with Crippen molar-refractivity contribution in [2.24, 2.45) is 5.41 Å². The number of aromatic nitrogens is 4. The van der Waals surface area contributed by atoms with Gasteiger partial charge in [-0.1, -0.05) is 26.8 Å². The summed E-state index contributed by atoms with van der Waals surface area (Å²) in [5, 5.41) is 0. The quantitative estimate of drug-likeness (QED) is 0.448. The summed E-state index contributed by atoms with van der Waals surface area (Å²) in [5.41, 5.74) is -2.57. The molecule has 6 nitrogen and oxygen atoms in total. The van der Waals surface area contributed by atoms with Crippen LogP contribution in [-0.2, 0) is 6.18 Å². The Morgan fingerprint density at radius 1 is 1.09 bits per heavy atom. The van der Waals surface area contributed by atoms with Crippen LogP contribution in [0.15, 0.2) is 47.5 Å². The number of Topliss-reactive ketones (excluding diaryl/α,β-unsaturated/α-hetero) is 1. The predicted octanol–water partition coefficient (Wildman–Crippen LogP) is 4.79. The number of nitrogens with zero attached hydrogens (tertiary/aromatic N) is 3. The first-order valence-electron chi connectivity index (χ1n) is 9.65. The fourth-order valence-electron chi connectivity index (χ4n) is 3.29. The Morgan fingerprint density at radius 2 is 1.75 bits per heavy atom. The monoisotopic (exact) mass is 448 g/mol. The Kier molecular flexibility index (Phi) is 6.25. The number of aromatic amines is 1. The second-order valence-electron chi connectivity index (χ2n) is 8.33. The molecule has 2 heterocycles. The van der Waals surface area contributed by atoms with Crippen LogP contribution in [0.4, 0.5) is 17.6 Å². The average Bonchev–Trinajstić information content (AvgIpc) is 2.71. The molecule has 3 aromatic rings. The van der Waals surface area contributed by atoms with Gasteiger partial charge in [-0.2, -0.15) is 13.2 Å². The number of alkyl halides is 3. The van der Waals surface area contributed by atoms with Gasteiger partial charge in [0.1, 0.15) is 11.5 Å². The fraction of sp³-hybridized carbons (Fsp3) is 0.318. The van der Waals surface area contributed by atoms with Crippen molar-refractivity contribution in [2.45, 2.75) is 39.3 Å². The minimum Gasteiger partial charge on any atom is -0.304 e. The molecule has 2 aromatic heterocycles. The Hall–Kier alpha value is -3.43. The molecule has 32 heavy (non-hydrogen) atoms. The highest BCUT2D eigenvalue weighted by atomic mass is 19.4. The number of halogens is 4. The van der Waals surface area contributed by atoms with Crippen LogP contribution in [-0.4, -0.2) is 25.7 Å². The number of rotatable bonds is 5. The first-order chi connectivity index (χ1) is 14.9. The highest BCUT2D eigenvalue weighted by molar-refractivity contribution is 5.95. The van der Waals surface area contributed by atoms with Gasteiger partial charge in [-0.25, -0.2) is 19.3 Å². The van der Waals surface area contributed by atoms with E-state index in [1.807, 2.05) is 0 Å². The first kappa shape index (κ1) is 23.2. The van der Waals surface area contributed by atoms with Gasteiger partial charge in [0.25, 0.3) is 5.56 Å². The fourth-order valence-corrected chi connectivity index (χ4v) is 3.29. The van der Waals surface area contributed by atoms with E-state index in [9.17, 15) is 27.2 Å². The number of nitrogens with one attached hydrogen (secondary N) is 1. The second-order valence-corrected chi connectivity index (χ2v) is 8.33. The van der Waals surface area contributed by atoms with Gasteiger partial charge in [0.15, 0.2) is 17.4 Å². The first-order valence-corrected chi connectivity index (χ1v) is 9.65. The summed E-state index contributed by atoms with van der Waals surface area (Å²) in [7, 11) is 0. The van der Waals surface area contributed by atoms with E-state index in [4.69, 9.17) is 0 Å². The van der Waals surface area contributed by atoms with E-state index >= 15 is 0 Å². The smallest absolute Gasteiger partial charge is 0.304 e. The van der Waals surface area contributed by atoms with Gasteiger partial charge < -0.3 is 4.98 Å². The van der Waals surface area contributed by atoms with Gasteiger partial charge in [-0.3, -0.25) is 9.59 Å². The normalized spacial score (nSPS) is 13.1. The van der Waals surface area contributed by atoms with Gasteiger partial charge in [0, 0.05) is 24.9 Å². The summed E-state index contributed by atoms with van der Waals surface area (Å²) in [5.74, 6) is -2.28. The summed E-state index contributed by atoms with van der Waals surface area (Å²) in [6.07, 6.45) is -2.06. The molecule has 0 amide bonds. The lowest BCUT2D eigenvalue weighted by molar-refractivity contribution is -0.137. The molecule has 1 atom stereocenters. The third-order valence-corrected chi connectivity index (χ3v) is 4.94. The van der Waals surface area contributed by atoms with Crippen LogP contribution in [0.5, 0.6) is 0 Å². The Morgan fingerprint density at radius 3 is 2.31 bits per heavy atom. The van der Waals surface area contributed by atoms with Crippen molar-refractivity contribution < 1.29 is 22.4 Å². The van der Waals surface area contributed by atoms with Gasteiger partial charge in [-0.15, -0.1) is 0 Å². The maximum Gasteiger partial charge on any atom is 0.416 e. The van der Waals surface area contributed by atoms with E-state index < -0.39 is 40.2 Å². The molecule has 1 aromatic carbocycles. The molecule has 0 bridgehead atoms. The highest BCUT2D eigenvalue weighted by Gasteiger charge is 2.35. The summed E-state index contributed by atoms with van der Waals surface area (Å²) in [4.78, 5) is 39.6. The third kappa shape index (κ3) is 5.24. The molecule has 0 aliphatic heterocycles. The molecule has 3 rings (SSSR count). The summed E-state index contributed by atoms with van der Waals surface area (Å²) < 4.78 is 53.4. The van der Waals surface area contributed by atoms with Gasteiger partial charge in [-0.05, 0) is 35.1 Å². The molecular weight excluding hydrogens is 428 g/mol. The molecule has 168 valence electrons. The molecule has 0 spiro atoms. The number of carbonyl (C=O) groups excluding carboxylic acids is 1. The predicted molar refractivity (Wildman–Crippen MR) is 108 cm³/mol. The van der Waals surface area contributed by atoms with Crippen LogP contribution in [0.2, 0.25) is 0 Å². The van der Waals surface area contributed by atoms with E-state index in [1.165, 1.54) is 12.4 Å². The average molecular weight is 448 g/mol. The zero-order valence-electron chi connectivity index (χ0n) is 17.5. The minimum absolute atomic E-state index is 0.00512. The molecule has 1 N–H and O–H groups in total. The second kappa shape index (κ2) is 8.60.